The van der Waals surface area contributed by atoms with Gasteiger partial charge in [-0.05, 0) is 48.0 Å². The van der Waals surface area contributed by atoms with E-state index in [4.69, 9.17) is 16.3 Å². The van der Waals surface area contributed by atoms with E-state index in [9.17, 15) is 9.59 Å². The van der Waals surface area contributed by atoms with E-state index < -0.39 is 10.9 Å². The van der Waals surface area contributed by atoms with E-state index in [1.165, 1.54) is 0 Å². The number of anilines is 4. The second kappa shape index (κ2) is 7.81. The van der Waals surface area contributed by atoms with Crippen molar-refractivity contribution in [3.8, 4) is 16.9 Å². The average Bonchev–Trinajstić information content (AvgIpc) is 2.77. The van der Waals surface area contributed by atoms with E-state index >= 15 is 0 Å². The third kappa shape index (κ3) is 3.73. The van der Waals surface area contributed by atoms with Crippen molar-refractivity contribution in [3.05, 3.63) is 98.3 Å². The second-order valence-corrected chi connectivity index (χ2v) is 6.88. The number of halogens is 1. The third-order valence-corrected chi connectivity index (χ3v) is 4.83. The minimum Gasteiger partial charge on any atom is -0.496 e. The van der Waals surface area contributed by atoms with Crippen LogP contribution in [0.3, 0.4) is 0 Å². The van der Waals surface area contributed by atoms with Gasteiger partial charge in [-0.25, -0.2) is 0 Å². The number of methoxy groups -OCH3 is 1. The van der Waals surface area contributed by atoms with Crippen molar-refractivity contribution in [3.63, 3.8) is 0 Å². The number of hydrogen-bond acceptors (Lipinski definition) is 5. The highest BCUT2D eigenvalue weighted by atomic mass is 35.5. The van der Waals surface area contributed by atoms with Crippen LogP contribution in [0.5, 0.6) is 5.75 Å². The summed E-state index contributed by atoms with van der Waals surface area (Å²) >= 11 is 5.89. The summed E-state index contributed by atoms with van der Waals surface area (Å²) in [4.78, 5) is 24.2. The molecule has 0 fully saturated rings. The van der Waals surface area contributed by atoms with Gasteiger partial charge in [0.15, 0.2) is 0 Å². The molecule has 0 unspecified atom stereocenters. The first-order chi connectivity index (χ1) is 14.1. The van der Waals surface area contributed by atoms with Gasteiger partial charge in [0.2, 0.25) is 0 Å². The van der Waals surface area contributed by atoms with Crippen LogP contribution < -0.4 is 26.2 Å². The van der Waals surface area contributed by atoms with E-state index in [1.54, 1.807) is 31.4 Å². The van der Waals surface area contributed by atoms with Gasteiger partial charge in [-0.1, -0.05) is 41.9 Å². The molecule has 0 saturated carbocycles. The zero-order valence-corrected chi connectivity index (χ0v) is 16.3. The third-order valence-electron chi connectivity index (χ3n) is 4.57. The van der Waals surface area contributed by atoms with Gasteiger partial charge in [0.05, 0.1) is 7.11 Å². The van der Waals surface area contributed by atoms with Crippen molar-refractivity contribution in [2.75, 3.05) is 17.7 Å². The molecule has 29 heavy (non-hydrogen) atoms. The number of benzene rings is 3. The lowest BCUT2D eigenvalue weighted by atomic mass is 10.0. The van der Waals surface area contributed by atoms with E-state index in [0.29, 0.717) is 16.4 Å². The number of ether oxygens (including phenoxy) is 1. The molecule has 6 heteroatoms. The van der Waals surface area contributed by atoms with Crippen molar-refractivity contribution >= 4 is 34.4 Å². The van der Waals surface area contributed by atoms with Crippen LogP contribution in [0.25, 0.3) is 11.1 Å². The maximum absolute atomic E-state index is 12.1. The molecule has 0 aliphatic rings. The van der Waals surface area contributed by atoms with Gasteiger partial charge in [-0.15, -0.1) is 0 Å². The van der Waals surface area contributed by atoms with Gasteiger partial charge in [0.25, 0.3) is 10.9 Å². The van der Waals surface area contributed by atoms with E-state index in [1.807, 2.05) is 48.5 Å². The minimum atomic E-state index is -0.552. The summed E-state index contributed by atoms with van der Waals surface area (Å²) in [7, 11) is 1.62. The Kier molecular flexibility index (Phi) is 5.06. The van der Waals surface area contributed by atoms with Crippen molar-refractivity contribution in [2.24, 2.45) is 0 Å². The molecule has 0 aliphatic carbocycles. The molecule has 0 amide bonds. The first-order valence-electron chi connectivity index (χ1n) is 8.93. The maximum atomic E-state index is 12.1. The molecular formula is C23H17ClN2O3. The molecule has 144 valence electrons. The zero-order valence-electron chi connectivity index (χ0n) is 15.5. The summed E-state index contributed by atoms with van der Waals surface area (Å²) in [6.45, 7) is 0. The van der Waals surface area contributed by atoms with Gasteiger partial charge in [0, 0.05) is 22.0 Å². The summed E-state index contributed by atoms with van der Waals surface area (Å²) in [6.07, 6.45) is 0. The van der Waals surface area contributed by atoms with Crippen molar-refractivity contribution in [1.82, 2.24) is 0 Å². The van der Waals surface area contributed by atoms with Crippen LogP contribution in [0.1, 0.15) is 0 Å². The summed E-state index contributed by atoms with van der Waals surface area (Å²) in [5, 5.41) is 6.65. The van der Waals surface area contributed by atoms with E-state index in [0.717, 1.165) is 16.9 Å². The van der Waals surface area contributed by atoms with Gasteiger partial charge in [0.1, 0.15) is 17.1 Å². The van der Waals surface area contributed by atoms with Crippen LogP contribution in [0.15, 0.2) is 82.4 Å². The molecule has 0 bridgehead atoms. The van der Waals surface area contributed by atoms with Crippen LogP contribution >= 0.6 is 11.6 Å². The molecule has 0 heterocycles. The Labute approximate surface area is 172 Å². The molecule has 4 aromatic rings. The number of para-hydroxylation sites is 1. The van der Waals surface area contributed by atoms with Crippen molar-refractivity contribution in [2.45, 2.75) is 0 Å². The average molecular weight is 405 g/mol. The molecule has 0 aromatic heterocycles. The van der Waals surface area contributed by atoms with Crippen LogP contribution in [0.4, 0.5) is 22.7 Å². The highest BCUT2D eigenvalue weighted by Crippen LogP contribution is 2.32. The Morgan fingerprint density at radius 1 is 0.759 bits per heavy atom. The van der Waals surface area contributed by atoms with Crippen molar-refractivity contribution in [1.29, 1.82) is 0 Å². The van der Waals surface area contributed by atoms with Crippen LogP contribution in [-0.2, 0) is 0 Å². The summed E-state index contributed by atoms with van der Waals surface area (Å²) in [5.41, 5.74) is 2.60. The molecule has 0 aliphatic heterocycles. The smallest absolute Gasteiger partial charge is 0.253 e. The van der Waals surface area contributed by atoms with Crippen LogP contribution in [0.2, 0.25) is 5.02 Å². The molecule has 5 nitrogen and oxygen atoms in total. The summed E-state index contributed by atoms with van der Waals surface area (Å²) < 4.78 is 5.43. The Balaban J connectivity index is 1.62. The normalized spacial score (nSPS) is 10.7. The molecular weight excluding hydrogens is 388 g/mol. The molecule has 0 radical (unpaired) electrons. The van der Waals surface area contributed by atoms with Gasteiger partial charge < -0.3 is 15.4 Å². The zero-order chi connectivity index (χ0) is 20.4. The fraction of sp³-hybridized carbons (Fsp3) is 0.0435. The van der Waals surface area contributed by atoms with Crippen LogP contribution in [0, 0.1) is 0 Å². The quantitative estimate of drug-likeness (QED) is 0.438. The lowest BCUT2D eigenvalue weighted by molar-refractivity contribution is 0.416. The SMILES string of the molecule is COc1ccccc1-c1cccc(Nc2c(Nc3ccc(Cl)cc3)c(=O)c2=O)c1. The minimum absolute atomic E-state index is 0.236. The van der Waals surface area contributed by atoms with Gasteiger partial charge in [-0.3, -0.25) is 9.59 Å². The van der Waals surface area contributed by atoms with Crippen molar-refractivity contribution < 1.29 is 4.74 Å². The molecule has 2 N–H and O–H groups in total. The molecule has 0 spiro atoms. The molecule has 4 rings (SSSR count). The Hall–Kier alpha value is -3.57. The standard InChI is InChI=1S/C23H17ClN2O3/c1-29-19-8-3-2-7-18(19)14-5-4-6-17(13-14)26-21-20(22(27)23(21)28)25-16-11-9-15(24)10-12-16/h2-13,25-26H,1H3. The fourth-order valence-corrected chi connectivity index (χ4v) is 3.23. The predicted octanol–water partition coefficient (Wildman–Crippen LogP) is 5.10. The Bertz CT molecular complexity index is 1240. The molecule has 0 saturated heterocycles. The first kappa shape index (κ1) is 18.8. The second-order valence-electron chi connectivity index (χ2n) is 6.45. The van der Waals surface area contributed by atoms with Crippen LogP contribution in [-0.4, -0.2) is 7.11 Å². The number of nitrogens with one attached hydrogen (secondary N) is 2. The van der Waals surface area contributed by atoms with E-state index in [-0.39, 0.29) is 11.4 Å². The predicted molar refractivity (Wildman–Crippen MR) is 118 cm³/mol. The monoisotopic (exact) mass is 404 g/mol. The largest absolute Gasteiger partial charge is 0.496 e. The topological polar surface area (TPSA) is 67.4 Å². The maximum Gasteiger partial charge on any atom is 0.253 e. The molecule has 0 atom stereocenters. The fourth-order valence-electron chi connectivity index (χ4n) is 3.10. The summed E-state index contributed by atoms with van der Waals surface area (Å²) in [5.74, 6) is 0.754. The lowest BCUT2D eigenvalue weighted by Crippen LogP contribution is -2.35. The van der Waals surface area contributed by atoms with Gasteiger partial charge in [-0.2, -0.15) is 0 Å². The van der Waals surface area contributed by atoms with E-state index in [2.05, 4.69) is 10.6 Å². The Morgan fingerprint density at radius 2 is 1.41 bits per heavy atom. The van der Waals surface area contributed by atoms with Gasteiger partial charge >= 0.3 is 0 Å². The highest BCUT2D eigenvalue weighted by molar-refractivity contribution is 6.30. The highest BCUT2D eigenvalue weighted by Gasteiger charge is 2.21. The lowest BCUT2D eigenvalue weighted by Gasteiger charge is -2.16. The first-order valence-corrected chi connectivity index (χ1v) is 9.31. The molecule has 4 aromatic carbocycles. The Morgan fingerprint density at radius 3 is 2.10 bits per heavy atom. The summed E-state index contributed by atoms with van der Waals surface area (Å²) in [6, 6.07) is 22.2. The number of hydrogen-bond donors (Lipinski definition) is 2. The number of rotatable bonds is 6.